The quantitative estimate of drug-likeness (QED) is 0.349. The molecule has 0 aromatic heterocycles. The lowest BCUT2D eigenvalue weighted by Crippen LogP contribution is -2.50. The fraction of sp³-hybridized carbons (Fsp3) is 0.923. The first-order chi connectivity index (χ1) is 8.83. The number of piperidine rings is 1. The van der Waals surface area contributed by atoms with Crippen LogP contribution in [0.4, 0.5) is 0 Å². The summed E-state index contributed by atoms with van der Waals surface area (Å²) in [5.41, 5.74) is 5.76. The Morgan fingerprint density at radius 1 is 1.42 bits per heavy atom. The third-order valence-corrected chi connectivity index (χ3v) is 4.97. The van der Waals surface area contributed by atoms with Crippen LogP contribution >= 0.6 is 11.8 Å². The number of ether oxygens (including phenoxy) is 1. The van der Waals surface area contributed by atoms with Gasteiger partial charge in [0.1, 0.15) is 0 Å². The van der Waals surface area contributed by atoms with Gasteiger partial charge in [-0.3, -0.25) is 0 Å². The predicted molar refractivity (Wildman–Crippen MR) is 81.0 cm³/mol. The molecule has 0 aliphatic carbocycles. The van der Waals surface area contributed by atoms with E-state index in [0.29, 0.717) is 5.84 Å². The summed E-state index contributed by atoms with van der Waals surface area (Å²) in [7, 11) is 0. The first-order valence-electron chi connectivity index (χ1n) is 6.72. The average molecular weight is 289 g/mol. The highest BCUT2D eigenvalue weighted by molar-refractivity contribution is 8.00. The van der Waals surface area contributed by atoms with Crippen molar-refractivity contribution in [3.63, 3.8) is 0 Å². The van der Waals surface area contributed by atoms with Crippen LogP contribution in [-0.4, -0.2) is 58.8 Å². The van der Waals surface area contributed by atoms with E-state index in [0.717, 1.165) is 39.1 Å². The fourth-order valence-electron chi connectivity index (χ4n) is 2.27. The molecule has 6 heteroatoms. The molecule has 0 unspecified atom stereocenters. The van der Waals surface area contributed by atoms with Gasteiger partial charge in [-0.15, -0.1) is 0 Å². The van der Waals surface area contributed by atoms with E-state index in [2.05, 4.69) is 30.8 Å². The van der Waals surface area contributed by atoms with Crippen LogP contribution in [-0.2, 0) is 4.74 Å². The van der Waals surface area contributed by atoms with E-state index in [1.54, 1.807) is 11.8 Å². The second-order valence-corrected chi connectivity index (χ2v) is 7.18. The van der Waals surface area contributed by atoms with E-state index in [9.17, 15) is 0 Å². The van der Waals surface area contributed by atoms with Gasteiger partial charge in [0.25, 0.3) is 0 Å². The van der Waals surface area contributed by atoms with E-state index < -0.39 is 0 Å². The van der Waals surface area contributed by atoms with Crippen LogP contribution < -0.4 is 5.73 Å². The van der Waals surface area contributed by atoms with Crippen LogP contribution in [0.25, 0.3) is 0 Å². The van der Waals surface area contributed by atoms with Gasteiger partial charge in [0.15, 0.2) is 5.84 Å². The summed E-state index contributed by atoms with van der Waals surface area (Å²) in [5, 5.41) is 12.1. The molecule has 0 aromatic rings. The van der Waals surface area contributed by atoms with Crippen molar-refractivity contribution in [3.8, 4) is 0 Å². The maximum Gasteiger partial charge on any atom is 0.155 e. The molecule has 0 aromatic carbocycles. The minimum atomic E-state index is -0.198. The minimum Gasteiger partial charge on any atom is -0.409 e. The molecule has 0 saturated carbocycles. The molecule has 3 N–H and O–H groups in total. The number of oxime groups is 1. The Balaban J connectivity index is 2.40. The van der Waals surface area contributed by atoms with E-state index in [1.807, 2.05) is 6.26 Å². The van der Waals surface area contributed by atoms with Crippen molar-refractivity contribution in [2.24, 2.45) is 10.9 Å². The number of nitrogens with two attached hydrogens (primary N) is 1. The van der Waals surface area contributed by atoms with Crippen LogP contribution in [0.5, 0.6) is 0 Å². The molecule has 112 valence electrons. The van der Waals surface area contributed by atoms with E-state index in [4.69, 9.17) is 15.7 Å². The lowest BCUT2D eigenvalue weighted by Gasteiger charge is -2.39. The van der Waals surface area contributed by atoms with E-state index in [-0.39, 0.29) is 10.3 Å². The summed E-state index contributed by atoms with van der Waals surface area (Å²) < 4.78 is 5.55. The second-order valence-electron chi connectivity index (χ2n) is 5.99. The van der Waals surface area contributed by atoms with Gasteiger partial charge in [0, 0.05) is 6.54 Å². The number of thioether (sulfide) groups is 1. The molecule has 1 saturated heterocycles. The van der Waals surface area contributed by atoms with Crippen molar-refractivity contribution in [2.45, 2.75) is 44.0 Å². The van der Waals surface area contributed by atoms with Crippen molar-refractivity contribution in [1.29, 1.82) is 0 Å². The summed E-state index contributed by atoms with van der Waals surface area (Å²) >= 11 is 1.68. The van der Waals surface area contributed by atoms with Crippen LogP contribution in [0.3, 0.4) is 0 Å². The van der Waals surface area contributed by atoms with Gasteiger partial charge < -0.3 is 20.6 Å². The first kappa shape index (κ1) is 16.6. The lowest BCUT2D eigenvalue weighted by atomic mass is 9.94. The van der Waals surface area contributed by atoms with Gasteiger partial charge in [-0.05, 0) is 53.0 Å². The summed E-state index contributed by atoms with van der Waals surface area (Å²) in [6, 6.07) is 0. The summed E-state index contributed by atoms with van der Waals surface area (Å²) in [6.45, 7) is 9.83. The van der Waals surface area contributed by atoms with Gasteiger partial charge in [0.2, 0.25) is 0 Å². The van der Waals surface area contributed by atoms with Gasteiger partial charge in [0.05, 0.1) is 17.0 Å². The Kier molecular flexibility index (Phi) is 5.95. The molecule has 0 bridgehead atoms. The highest BCUT2D eigenvalue weighted by Crippen LogP contribution is 2.34. The number of nitrogens with zero attached hydrogens (tertiary/aromatic N) is 2. The van der Waals surface area contributed by atoms with Crippen molar-refractivity contribution < 1.29 is 9.94 Å². The third kappa shape index (κ3) is 4.85. The maximum absolute atomic E-state index is 8.90. The summed E-state index contributed by atoms with van der Waals surface area (Å²) in [4.78, 5) is 2.38. The third-order valence-electron chi connectivity index (χ3n) is 3.57. The molecule has 0 atom stereocenters. The molecule has 19 heavy (non-hydrogen) atoms. The molecular formula is C13H27N3O2S. The normalized spacial score (nSPS) is 21.6. The fourth-order valence-corrected chi connectivity index (χ4v) is 3.12. The zero-order valence-electron chi connectivity index (χ0n) is 12.5. The molecule has 1 heterocycles. The van der Waals surface area contributed by atoms with Gasteiger partial charge >= 0.3 is 0 Å². The number of rotatable bonds is 5. The smallest absolute Gasteiger partial charge is 0.155 e. The average Bonchev–Trinajstić information content (AvgIpc) is 2.37. The Morgan fingerprint density at radius 2 is 2.00 bits per heavy atom. The van der Waals surface area contributed by atoms with Crippen LogP contribution in [0, 0.1) is 0 Å². The molecule has 1 rings (SSSR count). The zero-order valence-corrected chi connectivity index (χ0v) is 13.3. The predicted octanol–water partition coefficient (Wildman–Crippen LogP) is 1.75. The highest BCUT2D eigenvalue weighted by atomic mass is 32.2. The molecule has 0 radical (unpaired) electrons. The zero-order chi connectivity index (χ0) is 14.5. The van der Waals surface area contributed by atoms with E-state index in [1.165, 1.54) is 0 Å². The molecular weight excluding hydrogens is 262 g/mol. The van der Waals surface area contributed by atoms with Crippen LogP contribution in [0.2, 0.25) is 0 Å². The van der Waals surface area contributed by atoms with Gasteiger partial charge in [-0.2, -0.15) is 11.8 Å². The molecule has 1 aliphatic rings. The van der Waals surface area contributed by atoms with Crippen LogP contribution in [0.1, 0.15) is 33.6 Å². The Bertz CT molecular complexity index is 308. The first-order valence-corrected chi connectivity index (χ1v) is 7.95. The molecule has 5 nitrogen and oxygen atoms in total. The second kappa shape index (κ2) is 6.81. The SMILES string of the molecule is CSC1(C(N)=NO)CCN(CCOC(C)(C)C)CC1. The number of hydrogen-bond acceptors (Lipinski definition) is 5. The molecule has 0 amide bonds. The lowest BCUT2D eigenvalue weighted by molar-refractivity contribution is -0.0150. The molecule has 1 fully saturated rings. The number of amidine groups is 1. The molecule has 0 spiro atoms. The Labute approximate surface area is 120 Å². The van der Waals surface area contributed by atoms with Crippen LogP contribution in [0.15, 0.2) is 5.16 Å². The Hall–Kier alpha value is -0.460. The summed E-state index contributed by atoms with van der Waals surface area (Å²) in [6.07, 6.45) is 3.86. The largest absolute Gasteiger partial charge is 0.409 e. The summed E-state index contributed by atoms with van der Waals surface area (Å²) in [5.74, 6) is 0.352. The Morgan fingerprint density at radius 3 is 2.42 bits per heavy atom. The number of hydrogen-bond donors (Lipinski definition) is 2. The minimum absolute atomic E-state index is 0.0766. The standard InChI is InChI=1S/C13H27N3O2S/c1-12(2,3)18-10-9-16-7-5-13(19-4,6-8-16)11(14)15-17/h17H,5-10H2,1-4H3,(H2,14,15). The van der Waals surface area contributed by atoms with Crippen molar-refractivity contribution in [2.75, 3.05) is 32.5 Å². The van der Waals surface area contributed by atoms with Gasteiger partial charge in [-0.25, -0.2) is 0 Å². The monoisotopic (exact) mass is 289 g/mol. The van der Waals surface area contributed by atoms with E-state index >= 15 is 0 Å². The van der Waals surface area contributed by atoms with Crippen molar-refractivity contribution in [3.05, 3.63) is 0 Å². The topological polar surface area (TPSA) is 71.1 Å². The van der Waals surface area contributed by atoms with Crippen molar-refractivity contribution >= 4 is 17.6 Å². The maximum atomic E-state index is 8.90. The molecule has 1 aliphatic heterocycles. The van der Waals surface area contributed by atoms with Crippen molar-refractivity contribution in [1.82, 2.24) is 4.90 Å². The van der Waals surface area contributed by atoms with Gasteiger partial charge in [-0.1, -0.05) is 5.16 Å². The number of likely N-dealkylation sites (tertiary alicyclic amines) is 1. The highest BCUT2D eigenvalue weighted by Gasteiger charge is 2.38.